The van der Waals surface area contributed by atoms with Crippen LogP contribution in [0.15, 0.2) is 18.2 Å². The SMILES string of the molecule is Cc1nc2cc(CNC(=O)C3CCCCC(=O)N3)ccc2n1C1CC1. The number of nitrogens with zero attached hydrogens (tertiary/aromatic N) is 2. The average Bonchev–Trinajstić information content (AvgIpc) is 3.39. The maximum atomic E-state index is 12.3. The van der Waals surface area contributed by atoms with Crippen LogP contribution in [0, 0.1) is 6.92 Å². The third-order valence-corrected chi connectivity index (χ3v) is 5.11. The maximum Gasteiger partial charge on any atom is 0.242 e. The predicted molar refractivity (Wildman–Crippen MR) is 95.0 cm³/mol. The number of rotatable bonds is 4. The Bertz CT molecular complexity index is 822. The molecule has 0 radical (unpaired) electrons. The van der Waals surface area contributed by atoms with Gasteiger partial charge in [-0.3, -0.25) is 9.59 Å². The van der Waals surface area contributed by atoms with Crippen molar-refractivity contribution in [3.8, 4) is 0 Å². The van der Waals surface area contributed by atoms with E-state index >= 15 is 0 Å². The van der Waals surface area contributed by atoms with E-state index in [-0.39, 0.29) is 11.8 Å². The quantitative estimate of drug-likeness (QED) is 0.897. The van der Waals surface area contributed by atoms with Crippen LogP contribution in [0.2, 0.25) is 0 Å². The largest absolute Gasteiger partial charge is 0.350 e. The highest BCUT2D eigenvalue weighted by atomic mass is 16.2. The Morgan fingerprint density at radius 2 is 2.16 bits per heavy atom. The van der Waals surface area contributed by atoms with Gasteiger partial charge in [0.15, 0.2) is 0 Å². The summed E-state index contributed by atoms with van der Waals surface area (Å²) >= 11 is 0. The van der Waals surface area contributed by atoms with Crippen LogP contribution >= 0.6 is 0 Å². The van der Waals surface area contributed by atoms with E-state index in [4.69, 9.17) is 0 Å². The minimum Gasteiger partial charge on any atom is -0.350 e. The predicted octanol–water partition coefficient (Wildman–Crippen LogP) is 2.35. The third kappa shape index (κ3) is 3.38. The minimum absolute atomic E-state index is 0.0276. The second-order valence-corrected chi connectivity index (χ2v) is 7.17. The summed E-state index contributed by atoms with van der Waals surface area (Å²) in [4.78, 5) is 28.6. The highest BCUT2D eigenvalue weighted by Crippen LogP contribution is 2.38. The lowest BCUT2D eigenvalue weighted by molar-refractivity contribution is -0.128. The molecule has 2 aliphatic rings. The number of fused-ring (bicyclic) bond motifs is 1. The smallest absolute Gasteiger partial charge is 0.242 e. The van der Waals surface area contributed by atoms with Gasteiger partial charge in [-0.2, -0.15) is 0 Å². The number of carbonyl (C=O) groups excluding carboxylic acids is 2. The lowest BCUT2D eigenvalue weighted by atomic mass is 10.1. The van der Waals surface area contributed by atoms with E-state index in [2.05, 4.69) is 33.2 Å². The summed E-state index contributed by atoms with van der Waals surface area (Å²) in [5, 5.41) is 5.76. The van der Waals surface area contributed by atoms with Crippen LogP contribution in [0.5, 0.6) is 0 Å². The third-order valence-electron chi connectivity index (χ3n) is 5.11. The van der Waals surface area contributed by atoms with Crippen molar-refractivity contribution in [1.82, 2.24) is 20.2 Å². The zero-order valence-corrected chi connectivity index (χ0v) is 14.5. The second-order valence-electron chi connectivity index (χ2n) is 7.17. The number of benzene rings is 1. The van der Waals surface area contributed by atoms with E-state index in [0.717, 1.165) is 29.7 Å². The standard InChI is InChI=1S/C19H24N4O2/c1-12-21-16-10-13(6-9-17(16)23(12)14-7-8-14)11-20-19(25)15-4-2-3-5-18(24)22-15/h6,9-10,14-15H,2-5,7-8,11H2,1H3,(H,20,25)(H,22,24). The van der Waals surface area contributed by atoms with Crippen LogP contribution < -0.4 is 10.6 Å². The first-order chi connectivity index (χ1) is 12.1. The molecule has 2 aromatic rings. The van der Waals surface area contributed by atoms with E-state index in [1.807, 2.05) is 12.1 Å². The molecule has 1 saturated carbocycles. The van der Waals surface area contributed by atoms with Gasteiger partial charge in [-0.25, -0.2) is 4.98 Å². The number of hydrogen-bond donors (Lipinski definition) is 2. The monoisotopic (exact) mass is 340 g/mol. The number of imidazole rings is 1. The van der Waals surface area contributed by atoms with Gasteiger partial charge in [0.25, 0.3) is 0 Å². The Morgan fingerprint density at radius 3 is 2.96 bits per heavy atom. The second kappa shape index (κ2) is 6.50. The summed E-state index contributed by atoms with van der Waals surface area (Å²) in [7, 11) is 0. The zero-order chi connectivity index (χ0) is 17.4. The van der Waals surface area contributed by atoms with Gasteiger partial charge >= 0.3 is 0 Å². The average molecular weight is 340 g/mol. The molecule has 6 nitrogen and oxygen atoms in total. The van der Waals surface area contributed by atoms with Gasteiger partial charge in [0.05, 0.1) is 11.0 Å². The number of aromatic nitrogens is 2. The highest BCUT2D eigenvalue weighted by Gasteiger charge is 2.27. The first-order valence-electron chi connectivity index (χ1n) is 9.16. The van der Waals surface area contributed by atoms with Gasteiger partial charge in [0.1, 0.15) is 11.9 Å². The Balaban J connectivity index is 1.44. The highest BCUT2D eigenvalue weighted by molar-refractivity contribution is 5.88. The molecule has 132 valence electrons. The number of amides is 2. The van der Waals surface area contributed by atoms with Crippen molar-refractivity contribution in [3.63, 3.8) is 0 Å². The summed E-state index contributed by atoms with van der Waals surface area (Å²) in [6, 6.07) is 6.40. The van der Waals surface area contributed by atoms with Crippen molar-refractivity contribution in [2.24, 2.45) is 0 Å². The Labute approximate surface area is 147 Å². The van der Waals surface area contributed by atoms with Gasteiger partial charge in [-0.15, -0.1) is 0 Å². The molecule has 2 heterocycles. The molecule has 2 fully saturated rings. The molecule has 1 aromatic heterocycles. The summed E-state index contributed by atoms with van der Waals surface area (Å²) in [5.74, 6) is 0.926. The molecule has 6 heteroatoms. The minimum atomic E-state index is -0.407. The summed E-state index contributed by atoms with van der Waals surface area (Å²) in [5.41, 5.74) is 3.19. The fourth-order valence-electron chi connectivity index (χ4n) is 3.65. The number of hydrogen-bond acceptors (Lipinski definition) is 3. The molecule has 25 heavy (non-hydrogen) atoms. The van der Waals surface area contributed by atoms with Gasteiger partial charge in [0, 0.05) is 19.0 Å². The fraction of sp³-hybridized carbons (Fsp3) is 0.526. The molecule has 2 amide bonds. The molecule has 1 saturated heterocycles. The van der Waals surface area contributed by atoms with Crippen molar-refractivity contribution in [2.45, 2.75) is 64.1 Å². The molecule has 1 aromatic carbocycles. The summed E-state index contributed by atoms with van der Waals surface area (Å²) in [6.45, 7) is 2.50. The van der Waals surface area contributed by atoms with Crippen molar-refractivity contribution in [2.75, 3.05) is 0 Å². The lowest BCUT2D eigenvalue weighted by Crippen LogP contribution is -2.45. The van der Waals surface area contributed by atoms with E-state index in [9.17, 15) is 9.59 Å². The Kier molecular flexibility index (Phi) is 4.19. The maximum absolute atomic E-state index is 12.3. The molecule has 1 aliphatic carbocycles. The molecule has 1 atom stereocenters. The van der Waals surface area contributed by atoms with Crippen LogP contribution in [0.25, 0.3) is 11.0 Å². The molecule has 4 rings (SSSR count). The lowest BCUT2D eigenvalue weighted by Gasteiger charge is -2.15. The topological polar surface area (TPSA) is 76.0 Å². The first kappa shape index (κ1) is 16.1. The number of aryl methyl sites for hydroxylation is 1. The molecular weight excluding hydrogens is 316 g/mol. The van der Waals surface area contributed by atoms with Crippen LogP contribution in [-0.2, 0) is 16.1 Å². The van der Waals surface area contributed by atoms with Crippen molar-refractivity contribution in [3.05, 3.63) is 29.6 Å². The number of carbonyl (C=O) groups is 2. The Hall–Kier alpha value is -2.37. The molecule has 0 spiro atoms. The molecular formula is C19H24N4O2. The molecule has 2 N–H and O–H groups in total. The van der Waals surface area contributed by atoms with Crippen LogP contribution in [0.4, 0.5) is 0 Å². The number of nitrogens with one attached hydrogen (secondary N) is 2. The van der Waals surface area contributed by atoms with Crippen molar-refractivity contribution in [1.29, 1.82) is 0 Å². The van der Waals surface area contributed by atoms with Gasteiger partial charge < -0.3 is 15.2 Å². The zero-order valence-electron chi connectivity index (χ0n) is 14.5. The van der Waals surface area contributed by atoms with Crippen molar-refractivity contribution < 1.29 is 9.59 Å². The first-order valence-corrected chi connectivity index (χ1v) is 9.16. The van der Waals surface area contributed by atoms with Crippen LogP contribution in [0.3, 0.4) is 0 Å². The summed E-state index contributed by atoms with van der Waals surface area (Å²) < 4.78 is 2.32. The molecule has 1 aliphatic heterocycles. The van der Waals surface area contributed by atoms with Crippen LogP contribution in [0.1, 0.15) is 56.0 Å². The fourth-order valence-corrected chi connectivity index (χ4v) is 3.65. The molecule has 1 unspecified atom stereocenters. The summed E-state index contributed by atoms with van der Waals surface area (Å²) in [6.07, 6.45) is 5.45. The molecule has 0 bridgehead atoms. The van der Waals surface area contributed by atoms with E-state index < -0.39 is 6.04 Å². The van der Waals surface area contributed by atoms with Crippen LogP contribution in [-0.4, -0.2) is 27.4 Å². The van der Waals surface area contributed by atoms with Gasteiger partial charge in [-0.05, 0) is 50.3 Å². The van der Waals surface area contributed by atoms with Crippen molar-refractivity contribution >= 4 is 22.8 Å². The van der Waals surface area contributed by atoms with Gasteiger partial charge in [-0.1, -0.05) is 12.5 Å². The van der Waals surface area contributed by atoms with E-state index in [0.29, 0.717) is 25.4 Å². The van der Waals surface area contributed by atoms with Gasteiger partial charge in [0.2, 0.25) is 11.8 Å². The Morgan fingerprint density at radius 1 is 1.32 bits per heavy atom. The normalized spacial score (nSPS) is 21.0. The van der Waals surface area contributed by atoms with E-state index in [1.54, 1.807) is 0 Å². The van der Waals surface area contributed by atoms with E-state index in [1.165, 1.54) is 18.4 Å².